The molecule has 1 amide bonds. The van der Waals surface area contributed by atoms with Crippen LogP contribution < -0.4 is 10.9 Å². The lowest BCUT2D eigenvalue weighted by molar-refractivity contribution is -0.118. The Kier molecular flexibility index (Phi) is 5.36. The lowest BCUT2D eigenvalue weighted by Gasteiger charge is -2.09. The smallest absolute Gasteiger partial charge is 0.228 e. The van der Waals surface area contributed by atoms with Crippen LogP contribution in [0.2, 0.25) is 0 Å². The van der Waals surface area contributed by atoms with Gasteiger partial charge < -0.3 is 5.32 Å². The van der Waals surface area contributed by atoms with Crippen LogP contribution >= 0.6 is 23.1 Å². The van der Waals surface area contributed by atoms with Crippen LogP contribution in [0, 0.1) is 11.7 Å². The maximum absolute atomic E-state index is 13.2. The summed E-state index contributed by atoms with van der Waals surface area (Å²) >= 11 is 2.81. The Morgan fingerprint density at radius 3 is 3.00 bits per heavy atom. The molecular weight excluding hydrogens is 308 g/mol. The number of carbonyl (C=O) groups is 1. The lowest BCUT2D eigenvalue weighted by Crippen LogP contribution is -2.24. The molecule has 2 rings (SSSR count). The minimum atomic E-state index is -0.444. The summed E-state index contributed by atoms with van der Waals surface area (Å²) in [6, 6.07) is 1.33. The highest BCUT2D eigenvalue weighted by atomic mass is 32.2. The highest BCUT2D eigenvalue weighted by Crippen LogP contribution is 2.27. The van der Waals surface area contributed by atoms with Gasteiger partial charge in [-0.3, -0.25) is 14.8 Å². The average Bonchev–Trinajstić information content (AvgIpc) is 2.80. The second-order valence-corrected chi connectivity index (χ2v) is 6.38. The lowest BCUT2D eigenvalue weighted by atomic mass is 10.1. The van der Waals surface area contributed by atoms with Gasteiger partial charge in [-0.1, -0.05) is 18.3 Å². The third-order valence-electron chi connectivity index (χ3n) is 2.71. The molecule has 4 nitrogen and oxygen atoms in total. The minimum Gasteiger partial charge on any atom is -0.317 e. The molecule has 1 unspecified atom stereocenters. The van der Waals surface area contributed by atoms with Gasteiger partial charge in [0.05, 0.1) is 6.20 Å². The van der Waals surface area contributed by atoms with Gasteiger partial charge in [0.2, 0.25) is 5.91 Å². The number of carbonyl (C=O) groups excluding carboxylic acids is 1. The molecule has 0 saturated carbocycles. The summed E-state index contributed by atoms with van der Waals surface area (Å²) in [5, 5.41) is 3.76. The largest absolute Gasteiger partial charge is 0.317 e. The van der Waals surface area contributed by atoms with Crippen molar-refractivity contribution in [2.45, 2.75) is 6.92 Å². The van der Waals surface area contributed by atoms with Gasteiger partial charge in [-0.25, -0.2) is 4.39 Å². The number of hydrogen-bond donors (Lipinski definition) is 1. The number of rotatable bonds is 5. The van der Waals surface area contributed by atoms with Gasteiger partial charge in [-0.2, -0.15) is 11.8 Å². The summed E-state index contributed by atoms with van der Waals surface area (Å²) in [6.45, 7) is 1.85. The molecule has 8 heteroatoms. The Morgan fingerprint density at radius 1 is 1.57 bits per heavy atom. The maximum atomic E-state index is 13.2. The number of nitrogens with one attached hydrogen (secondary N) is 1. The Hall–Kier alpha value is -1.41. The Morgan fingerprint density at radius 2 is 2.33 bits per heavy atom. The summed E-state index contributed by atoms with van der Waals surface area (Å²) in [4.78, 5) is 19.9. The van der Waals surface area contributed by atoms with Crippen LogP contribution in [-0.2, 0) is 4.79 Å². The zero-order valence-electron chi connectivity index (χ0n) is 11.6. The molecule has 0 fully saturated rings. The number of amides is 1. The normalized spacial score (nSPS) is 12.1. The van der Waals surface area contributed by atoms with Crippen LogP contribution in [0.5, 0.6) is 0 Å². The van der Waals surface area contributed by atoms with Gasteiger partial charge in [0, 0.05) is 29.0 Å². The maximum Gasteiger partial charge on any atom is 0.228 e. The standard InChI is InChI=1S/C13H13BFN3OS2/c1-7(6-20-2)11(19)18-13-10(14)17-12(21-13)8-3-9(15)5-16-4-8/h3-5,7H,6H2,1-2H3,(H,18,19). The van der Waals surface area contributed by atoms with E-state index >= 15 is 0 Å². The summed E-state index contributed by atoms with van der Waals surface area (Å²) in [6.07, 6.45) is 4.57. The third kappa shape index (κ3) is 4.04. The molecule has 0 aliphatic heterocycles. The van der Waals surface area contributed by atoms with E-state index in [1.54, 1.807) is 11.8 Å². The van der Waals surface area contributed by atoms with Gasteiger partial charge in [0.1, 0.15) is 23.7 Å². The average molecular weight is 321 g/mol. The van der Waals surface area contributed by atoms with E-state index in [4.69, 9.17) is 7.85 Å². The first-order chi connectivity index (χ1) is 10.0. The first-order valence-corrected chi connectivity index (χ1v) is 8.39. The van der Waals surface area contributed by atoms with Crippen molar-refractivity contribution in [3.8, 4) is 10.6 Å². The number of aromatic nitrogens is 2. The van der Waals surface area contributed by atoms with E-state index in [2.05, 4.69) is 15.3 Å². The van der Waals surface area contributed by atoms with E-state index in [1.807, 2.05) is 13.2 Å². The number of pyridine rings is 1. The molecule has 0 aliphatic carbocycles. The van der Waals surface area contributed by atoms with Crippen molar-refractivity contribution in [1.82, 2.24) is 9.97 Å². The summed E-state index contributed by atoms with van der Waals surface area (Å²) in [5.41, 5.74) is 0.758. The zero-order chi connectivity index (χ0) is 15.4. The van der Waals surface area contributed by atoms with Gasteiger partial charge >= 0.3 is 0 Å². The molecule has 0 aromatic carbocycles. The second kappa shape index (κ2) is 7.04. The highest BCUT2D eigenvalue weighted by molar-refractivity contribution is 7.98. The van der Waals surface area contributed by atoms with Crippen LogP contribution in [0.4, 0.5) is 9.39 Å². The first-order valence-electron chi connectivity index (χ1n) is 6.18. The van der Waals surface area contributed by atoms with Gasteiger partial charge in [0.15, 0.2) is 0 Å². The SMILES string of the molecule is [B]c1nc(-c2cncc(F)c2)sc1NC(=O)C(C)CSC. The van der Waals surface area contributed by atoms with Crippen molar-refractivity contribution in [1.29, 1.82) is 0 Å². The molecule has 2 radical (unpaired) electrons. The van der Waals surface area contributed by atoms with Crippen molar-refractivity contribution in [3.05, 3.63) is 24.3 Å². The predicted molar refractivity (Wildman–Crippen MR) is 86.9 cm³/mol. The second-order valence-electron chi connectivity index (χ2n) is 4.47. The number of thioether (sulfide) groups is 1. The van der Waals surface area contributed by atoms with Crippen LogP contribution in [0.1, 0.15) is 6.92 Å². The van der Waals surface area contributed by atoms with Crippen molar-refractivity contribution < 1.29 is 9.18 Å². The van der Waals surface area contributed by atoms with Gasteiger partial charge in [-0.15, -0.1) is 0 Å². The van der Waals surface area contributed by atoms with Gasteiger partial charge in [-0.05, 0) is 12.3 Å². The van der Waals surface area contributed by atoms with Crippen molar-refractivity contribution in [2.24, 2.45) is 5.92 Å². The monoisotopic (exact) mass is 321 g/mol. The quantitative estimate of drug-likeness (QED) is 0.857. The molecule has 2 heterocycles. The van der Waals surface area contributed by atoms with E-state index in [9.17, 15) is 9.18 Å². The van der Waals surface area contributed by atoms with E-state index in [1.165, 1.54) is 23.6 Å². The van der Waals surface area contributed by atoms with Crippen LogP contribution in [0.15, 0.2) is 18.5 Å². The number of nitrogens with zero attached hydrogens (tertiary/aromatic N) is 2. The Bertz CT molecular complexity index is 650. The number of halogens is 1. The fourth-order valence-electron chi connectivity index (χ4n) is 1.63. The zero-order valence-corrected chi connectivity index (χ0v) is 13.2. The topological polar surface area (TPSA) is 54.9 Å². The molecule has 2 aromatic rings. The first kappa shape index (κ1) is 16.0. The molecule has 0 aliphatic rings. The molecule has 0 saturated heterocycles. The molecule has 108 valence electrons. The molecule has 0 spiro atoms. The number of hydrogen-bond acceptors (Lipinski definition) is 5. The Balaban J connectivity index is 2.18. The summed E-state index contributed by atoms with van der Waals surface area (Å²) in [7, 11) is 5.80. The van der Waals surface area contributed by atoms with Crippen LogP contribution in [-0.4, -0.2) is 35.7 Å². The Labute approximate surface area is 132 Å². The fraction of sp³-hybridized carbons (Fsp3) is 0.308. The molecular formula is C13H13BFN3OS2. The molecule has 21 heavy (non-hydrogen) atoms. The fourth-order valence-corrected chi connectivity index (χ4v) is 3.15. The molecule has 2 aromatic heterocycles. The molecule has 1 atom stereocenters. The molecule has 1 N–H and O–H groups in total. The summed E-state index contributed by atoms with van der Waals surface area (Å²) < 4.78 is 13.2. The van der Waals surface area contributed by atoms with Gasteiger partial charge in [0.25, 0.3) is 0 Å². The number of anilines is 1. The van der Waals surface area contributed by atoms with Crippen molar-refractivity contribution in [3.63, 3.8) is 0 Å². The van der Waals surface area contributed by atoms with Crippen LogP contribution in [0.3, 0.4) is 0 Å². The third-order valence-corrected chi connectivity index (χ3v) is 4.58. The summed E-state index contributed by atoms with van der Waals surface area (Å²) in [5.74, 6) is 0.0513. The predicted octanol–water partition coefficient (Wildman–Crippen LogP) is 2.08. The van der Waals surface area contributed by atoms with E-state index < -0.39 is 5.82 Å². The van der Waals surface area contributed by atoms with E-state index in [-0.39, 0.29) is 17.4 Å². The number of thiazole rings is 1. The van der Waals surface area contributed by atoms with Crippen molar-refractivity contribution >= 4 is 47.4 Å². The minimum absolute atomic E-state index is 0.108. The van der Waals surface area contributed by atoms with Crippen LogP contribution in [0.25, 0.3) is 10.6 Å². The van der Waals surface area contributed by atoms with E-state index in [0.29, 0.717) is 15.6 Å². The van der Waals surface area contributed by atoms with Crippen molar-refractivity contribution in [2.75, 3.05) is 17.3 Å². The molecule has 0 bridgehead atoms. The highest BCUT2D eigenvalue weighted by Gasteiger charge is 2.16. The van der Waals surface area contributed by atoms with E-state index in [0.717, 1.165) is 11.9 Å².